The highest BCUT2D eigenvalue weighted by Gasteiger charge is 2.27. The predicted molar refractivity (Wildman–Crippen MR) is 84.1 cm³/mol. The standard InChI is InChI=1S/C15H27N3S/c1-6-16-11(4)14-12(5)17-15(19-14)18(10(2)3)9-13-7-8-13/h10-11,13,16H,6-9H2,1-5H3. The number of hydrogen-bond donors (Lipinski definition) is 1. The molecule has 0 aliphatic heterocycles. The number of aryl methyl sites for hydroxylation is 1. The van der Waals surface area contributed by atoms with E-state index in [4.69, 9.17) is 4.98 Å². The van der Waals surface area contributed by atoms with Crippen LogP contribution in [0.5, 0.6) is 0 Å². The summed E-state index contributed by atoms with van der Waals surface area (Å²) in [7, 11) is 0. The van der Waals surface area contributed by atoms with Crippen molar-refractivity contribution in [3.63, 3.8) is 0 Å². The molecule has 3 nitrogen and oxygen atoms in total. The zero-order chi connectivity index (χ0) is 14.0. The van der Waals surface area contributed by atoms with Gasteiger partial charge in [0, 0.05) is 23.5 Å². The Kier molecular flexibility index (Phi) is 4.85. The maximum Gasteiger partial charge on any atom is 0.186 e. The van der Waals surface area contributed by atoms with E-state index >= 15 is 0 Å². The van der Waals surface area contributed by atoms with E-state index < -0.39 is 0 Å². The molecule has 0 spiro atoms. The van der Waals surface area contributed by atoms with E-state index in [1.165, 1.54) is 35.1 Å². The molecule has 1 aromatic heterocycles. The molecule has 1 aromatic rings. The van der Waals surface area contributed by atoms with Crippen LogP contribution in [0.3, 0.4) is 0 Å². The van der Waals surface area contributed by atoms with Crippen molar-refractivity contribution in [3.8, 4) is 0 Å². The van der Waals surface area contributed by atoms with Gasteiger partial charge in [-0.05, 0) is 53.0 Å². The average Bonchev–Trinajstić information content (AvgIpc) is 3.08. The van der Waals surface area contributed by atoms with Crippen LogP contribution in [0.1, 0.15) is 57.1 Å². The molecule has 1 fully saturated rings. The van der Waals surface area contributed by atoms with E-state index in [0.29, 0.717) is 12.1 Å². The summed E-state index contributed by atoms with van der Waals surface area (Å²) in [6.07, 6.45) is 2.79. The lowest BCUT2D eigenvalue weighted by Gasteiger charge is -2.26. The van der Waals surface area contributed by atoms with Gasteiger partial charge in [-0.1, -0.05) is 6.92 Å². The minimum Gasteiger partial charge on any atom is -0.345 e. The fraction of sp³-hybridized carbons (Fsp3) is 0.800. The smallest absolute Gasteiger partial charge is 0.186 e. The molecule has 2 rings (SSSR count). The van der Waals surface area contributed by atoms with Gasteiger partial charge in [-0.2, -0.15) is 0 Å². The second kappa shape index (κ2) is 6.23. The second-order valence-corrected chi connectivity index (χ2v) is 6.92. The summed E-state index contributed by atoms with van der Waals surface area (Å²) in [6, 6.07) is 0.944. The molecule has 19 heavy (non-hydrogen) atoms. The summed E-state index contributed by atoms with van der Waals surface area (Å²) in [5.74, 6) is 0.904. The van der Waals surface area contributed by atoms with Gasteiger partial charge in [0.15, 0.2) is 5.13 Å². The van der Waals surface area contributed by atoms with E-state index in [0.717, 1.165) is 12.5 Å². The number of hydrogen-bond acceptors (Lipinski definition) is 4. The summed E-state index contributed by atoms with van der Waals surface area (Å²) in [5.41, 5.74) is 1.19. The number of aromatic nitrogens is 1. The molecule has 1 N–H and O–H groups in total. The third-order valence-electron chi connectivity index (χ3n) is 3.75. The minimum absolute atomic E-state index is 0.409. The van der Waals surface area contributed by atoms with Crippen molar-refractivity contribution < 1.29 is 0 Å². The molecule has 1 saturated carbocycles. The minimum atomic E-state index is 0.409. The van der Waals surface area contributed by atoms with Crippen LogP contribution >= 0.6 is 11.3 Å². The molecule has 0 aromatic carbocycles. The first-order valence-electron chi connectivity index (χ1n) is 7.50. The molecule has 1 atom stereocenters. The molecular weight excluding hydrogens is 254 g/mol. The number of nitrogens with zero attached hydrogens (tertiary/aromatic N) is 2. The van der Waals surface area contributed by atoms with Crippen molar-refractivity contribution in [1.29, 1.82) is 0 Å². The summed E-state index contributed by atoms with van der Waals surface area (Å²) in [5, 5.41) is 4.70. The molecule has 0 radical (unpaired) electrons. The van der Waals surface area contributed by atoms with Crippen LogP contribution in [0.2, 0.25) is 0 Å². The van der Waals surface area contributed by atoms with Crippen molar-refractivity contribution in [2.75, 3.05) is 18.0 Å². The first-order chi connectivity index (χ1) is 9.02. The van der Waals surface area contributed by atoms with Crippen LogP contribution in [0.15, 0.2) is 0 Å². The quantitative estimate of drug-likeness (QED) is 0.825. The van der Waals surface area contributed by atoms with Gasteiger partial charge in [0.1, 0.15) is 0 Å². The van der Waals surface area contributed by atoms with Crippen LogP contribution in [0.25, 0.3) is 0 Å². The predicted octanol–water partition coefficient (Wildman–Crippen LogP) is 3.75. The highest BCUT2D eigenvalue weighted by Crippen LogP contribution is 2.36. The monoisotopic (exact) mass is 281 g/mol. The zero-order valence-corrected chi connectivity index (χ0v) is 13.7. The zero-order valence-electron chi connectivity index (χ0n) is 12.9. The maximum absolute atomic E-state index is 4.82. The fourth-order valence-corrected chi connectivity index (χ4v) is 3.64. The normalized spacial score (nSPS) is 16.9. The van der Waals surface area contributed by atoms with E-state index in [1.807, 2.05) is 11.3 Å². The molecule has 1 unspecified atom stereocenters. The Labute approximate surface area is 121 Å². The Morgan fingerprint density at radius 1 is 1.37 bits per heavy atom. The van der Waals surface area contributed by atoms with Crippen molar-refractivity contribution in [1.82, 2.24) is 10.3 Å². The van der Waals surface area contributed by atoms with Crippen molar-refractivity contribution in [2.45, 2.75) is 59.5 Å². The summed E-state index contributed by atoms with van der Waals surface area (Å²) >= 11 is 1.87. The topological polar surface area (TPSA) is 28.2 Å². The maximum atomic E-state index is 4.82. The molecule has 1 aliphatic rings. The van der Waals surface area contributed by atoms with E-state index in [-0.39, 0.29) is 0 Å². The van der Waals surface area contributed by atoms with Crippen LogP contribution in [0.4, 0.5) is 5.13 Å². The van der Waals surface area contributed by atoms with E-state index in [9.17, 15) is 0 Å². The third kappa shape index (κ3) is 3.69. The first-order valence-corrected chi connectivity index (χ1v) is 8.31. The van der Waals surface area contributed by atoms with Gasteiger partial charge >= 0.3 is 0 Å². The van der Waals surface area contributed by atoms with Crippen LogP contribution in [-0.2, 0) is 0 Å². The van der Waals surface area contributed by atoms with Gasteiger partial charge in [0.05, 0.1) is 5.69 Å². The molecule has 0 amide bonds. The van der Waals surface area contributed by atoms with Gasteiger partial charge in [-0.3, -0.25) is 0 Å². The fourth-order valence-electron chi connectivity index (χ4n) is 2.41. The van der Waals surface area contributed by atoms with Crippen LogP contribution in [-0.4, -0.2) is 24.1 Å². The Bertz CT molecular complexity index is 410. The molecule has 0 bridgehead atoms. The van der Waals surface area contributed by atoms with E-state index in [2.05, 4.69) is 44.8 Å². The number of nitrogens with one attached hydrogen (secondary N) is 1. The van der Waals surface area contributed by atoms with Gasteiger partial charge in [0.2, 0.25) is 0 Å². The number of anilines is 1. The number of thiazole rings is 1. The van der Waals surface area contributed by atoms with Crippen molar-refractivity contribution >= 4 is 16.5 Å². The molecule has 108 valence electrons. The highest BCUT2D eigenvalue weighted by atomic mass is 32.1. The van der Waals surface area contributed by atoms with Gasteiger partial charge < -0.3 is 10.2 Å². The van der Waals surface area contributed by atoms with Crippen molar-refractivity contribution in [3.05, 3.63) is 10.6 Å². The average molecular weight is 281 g/mol. The summed E-state index contributed by atoms with van der Waals surface area (Å²) in [4.78, 5) is 8.69. The summed E-state index contributed by atoms with van der Waals surface area (Å²) in [6.45, 7) is 13.2. The molecule has 4 heteroatoms. The lowest BCUT2D eigenvalue weighted by atomic mass is 10.2. The Morgan fingerprint density at radius 2 is 2.05 bits per heavy atom. The Balaban J connectivity index is 2.15. The largest absolute Gasteiger partial charge is 0.345 e. The Morgan fingerprint density at radius 3 is 2.58 bits per heavy atom. The van der Waals surface area contributed by atoms with Gasteiger partial charge in [-0.15, -0.1) is 11.3 Å². The van der Waals surface area contributed by atoms with Gasteiger partial charge in [-0.25, -0.2) is 4.98 Å². The highest BCUT2D eigenvalue weighted by molar-refractivity contribution is 7.15. The van der Waals surface area contributed by atoms with Gasteiger partial charge in [0.25, 0.3) is 0 Å². The van der Waals surface area contributed by atoms with E-state index in [1.54, 1.807) is 0 Å². The van der Waals surface area contributed by atoms with Crippen LogP contribution in [0, 0.1) is 12.8 Å². The molecule has 1 aliphatic carbocycles. The SMILES string of the molecule is CCNC(C)c1sc(N(CC2CC2)C(C)C)nc1C. The lowest BCUT2D eigenvalue weighted by Crippen LogP contribution is -2.32. The molecular formula is C15H27N3S. The lowest BCUT2D eigenvalue weighted by molar-refractivity contribution is 0.603. The van der Waals surface area contributed by atoms with Crippen molar-refractivity contribution in [2.24, 2.45) is 5.92 Å². The third-order valence-corrected chi connectivity index (χ3v) is 5.12. The summed E-state index contributed by atoms with van der Waals surface area (Å²) < 4.78 is 0. The molecule has 0 saturated heterocycles. The number of rotatable bonds is 7. The Hall–Kier alpha value is -0.610. The van der Waals surface area contributed by atoms with Crippen LogP contribution < -0.4 is 10.2 Å². The second-order valence-electron chi connectivity index (χ2n) is 5.91. The molecule has 1 heterocycles. The first kappa shape index (κ1) is 14.8.